The van der Waals surface area contributed by atoms with Crippen LogP contribution in [0.2, 0.25) is 0 Å². The van der Waals surface area contributed by atoms with Crippen molar-refractivity contribution in [3.8, 4) is 0 Å². The summed E-state index contributed by atoms with van der Waals surface area (Å²) in [7, 11) is 3.26. The Morgan fingerprint density at radius 3 is 2.50 bits per heavy atom. The molecule has 1 heterocycles. The number of amides is 2. The lowest BCUT2D eigenvalue weighted by Gasteiger charge is -2.11. The van der Waals surface area contributed by atoms with Gasteiger partial charge in [0.15, 0.2) is 0 Å². The van der Waals surface area contributed by atoms with Crippen LogP contribution in [0.3, 0.4) is 0 Å². The second-order valence-corrected chi connectivity index (χ2v) is 4.14. The number of nitrogens with two attached hydrogens (primary N) is 1. The molecule has 2 aromatic rings. The Kier molecular flexibility index (Phi) is 2.97. The predicted molar refractivity (Wildman–Crippen MR) is 68.3 cm³/mol. The number of primary amides is 1. The van der Waals surface area contributed by atoms with Gasteiger partial charge in [0.1, 0.15) is 5.69 Å². The summed E-state index contributed by atoms with van der Waals surface area (Å²) < 4.78 is 0. The van der Waals surface area contributed by atoms with Crippen LogP contribution >= 0.6 is 0 Å². The van der Waals surface area contributed by atoms with Gasteiger partial charge >= 0.3 is 0 Å². The molecule has 2 N–H and O–H groups in total. The number of rotatable bonds is 2. The summed E-state index contributed by atoms with van der Waals surface area (Å²) in [6, 6.07) is 8.53. The molecule has 1 aromatic carbocycles. The number of aromatic nitrogens is 1. The highest BCUT2D eigenvalue weighted by molar-refractivity contribution is 6.07. The van der Waals surface area contributed by atoms with Crippen LogP contribution in [0.4, 0.5) is 0 Å². The Bertz CT molecular complexity index is 635. The monoisotopic (exact) mass is 243 g/mol. The summed E-state index contributed by atoms with van der Waals surface area (Å²) in [6.45, 7) is 0. The number of hydrogen-bond acceptors (Lipinski definition) is 3. The molecule has 0 saturated carbocycles. The van der Waals surface area contributed by atoms with E-state index in [1.165, 1.54) is 11.0 Å². The van der Waals surface area contributed by atoms with Crippen LogP contribution in [0.1, 0.15) is 20.8 Å². The Labute approximate surface area is 104 Å². The van der Waals surface area contributed by atoms with Crippen LogP contribution in [-0.4, -0.2) is 35.8 Å². The normalized spacial score (nSPS) is 10.3. The number of carbonyl (C=O) groups excluding carboxylic acids is 2. The van der Waals surface area contributed by atoms with Gasteiger partial charge in [-0.05, 0) is 12.1 Å². The van der Waals surface area contributed by atoms with Crippen molar-refractivity contribution in [3.63, 3.8) is 0 Å². The van der Waals surface area contributed by atoms with Crippen molar-refractivity contribution in [2.75, 3.05) is 14.1 Å². The van der Waals surface area contributed by atoms with E-state index < -0.39 is 5.91 Å². The zero-order valence-corrected chi connectivity index (χ0v) is 10.2. The van der Waals surface area contributed by atoms with Gasteiger partial charge in [-0.2, -0.15) is 0 Å². The maximum Gasteiger partial charge on any atom is 0.271 e. The van der Waals surface area contributed by atoms with E-state index in [1.807, 2.05) is 0 Å². The minimum Gasteiger partial charge on any atom is -0.366 e. The summed E-state index contributed by atoms with van der Waals surface area (Å²) >= 11 is 0. The molecule has 5 nitrogen and oxygen atoms in total. The summed E-state index contributed by atoms with van der Waals surface area (Å²) in [5.74, 6) is -0.829. The fourth-order valence-electron chi connectivity index (χ4n) is 1.72. The Morgan fingerprint density at radius 1 is 1.22 bits per heavy atom. The summed E-state index contributed by atoms with van der Waals surface area (Å²) in [6.07, 6.45) is 0. The average molecular weight is 243 g/mol. The smallest absolute Gasteiger partial charge is 0.271 e. The molecule has 2 amide bonds. The standard InChI is InChI=1S/C13H13N3O2/c1-16(2)13(18)11-7-9(12(14)17)8-5-3-4-6-10(8)15-11/h3-7H,1-2H3,(H2,14,17). The van der Waals surface area contributed by atoms with E-state index in [9.17, 15) is 9.59 Å². The fraction of sp³-hybridized carbons (Fsp3) is 0.154. The number of nitrogens with zero attached hydrogens (tertiary/aromatic N) is 2. The van der Waals surface area contributed by atoms with Crippen LogP contribution in [0.25, 0.3) is 10.9 Å². The first-order chi connectivity index (χ1) is 8.50. The molecule has 0 saturated heterocycles. The van der Waals surface area contributed by atoms with Gasteiger partial charge in [-0.3, -0.25) is 9.59 Å². The van der Waals surface area contributed by atoms with Crippen molar-refractivity contribution in [2.45, 2.75) is 0 Å². The summed E-state index contributed by atoms with van der Waals surface area (Å²) in [4.78, 5) is 28.9. The topological polar surface area (TPSA) is 76.3 Å². The number of benzene rings is 1. The molecule has 0 aliphatic rings. The minimum absolute atomic E-state index is 0.215. The van der Waals surface area contributed by atoms with Crippen molar-refractivity contribution in [1.82, 2.24) is 9.88 Å². The molecule has 18 heavy (non-hydrogen) atoms. The van der Waals surface area contributed by atoms with Gasteiger partial charge in [0.05, 0.1) is 11.1 Å². The molecule has 2 rings (SSSR count). The highest BCUT2D eigenvalue weighted by atomic mass is 16.2. The molecule has 92 valence electrons. The van der Waals surface area contributed by atoms with E-state index in [4.69, 9.17) is 5.73 Å². The molecule has 0 atom stereocenters. The number of para-hydroxylation sites is 1. The van der Waals surface area contributed by atoms with Crippen molar-refractivity contribution in [1.29, 1.82) is 0 Å². The van der Waals surface area contributed by atoms with Crippen molar-refractivity contribution >= 4 is 22.7 Å². The van der Waals surface area contributed by atoms with E-state index >= 15 is 0 Å². The highest BCUT2D eigenvalue weighted by Crippen LogP contribution is 2.18. The van der Waals surface area contributed by atoms with Crippen LogP contribution in [0.5, 0.6) is 0 Å². The molecule has 1 aromatic heterocycles. The Hall–Kier alpha value is -2.43. The van der Waals surface area contributed by atoms with Crippen molar-refractivity contribution in [3.05, 3.63) is 41.6 Å². The molecule has 0 fully saturated rings. The molecular weight excluding hydrogens is 230 g/mol. The fourth-order valence-corrected chi connectivity index (χ4v) is 1.72. The Balaban J connectivity index is 2.72. The van der Waals surface area contributed by atoms with Crippen LogP contribution in [0, 0.1) is 0 Å². The number of fused-ring (bicyclic) bond motifs is 1. The lowest BCUT2D eigenvalue weighted by atomic mass is 10.1. The zero-order valence-electron chi connectivity index (χ0n) is 10.2. The molecule has 5 heteroatoms. The third-order valence-electron chi connectivity index (χ3n) is 2.61. The third-order valence-corrected chi connectivity index (χ3v) is 2.61. The van der Waals surface area contributed by atoms with E-state index in [0.29, 0.717) is 16.5 Å². The second-order valence-electron chi connectivity index (χ2n) is 4.14. The maximum atomic E-state index is 11.9. The van der Waals surface area contributed by atoms with Gasteiger partial charge in [0.2, 0.25) is 5.91 Å². The van der Waals surface area contributed by atoms with Crippen LogP contribution in [0.15, 0.2) is 30.3 Å². The molecule has 0 unspecified atom stereocenters. The molecule has 0 spiro atoms. The largest absolute Gasteiger partial charge is 0.366 e. The molecule has 0 aliphatic heterocycles. The van der Waals surface area contributed by atoms with E-state index in [2.05, 4.69) is 4.98 Å². The van der Waals surface area contributed by atoms with Gasteiger partial charge < -0.3 is 10.6 Å². The van der Waals surface area contributed by atoms with E-state index in [-0.39, 0.29) is 11.6 Å². The van der Waals surface area contributed by atoms with Crippen LogP contribution < -0.4 is 5.73 Å². The van der Waals surface area contributed by atoms with E-state index in [1.54, 1.807) is 38.4 Å². The second kappa shape index (κ2) is 4.44. The van der Waals surface area contributed by atoms with Gasteiger partial charge in [0.25, 0.3) is 5.91 Å². The summed E-state index contributed by atoms with van der Waals surface area (Å²) in [5.41, 5.74) is 6.44. The lowest BCUT2D eigenvalue weighted by molar-refractivity contribution is 0.0822. The number of carbonyl (C=O) groups is 2. The highest BCUT2D eigenvalue weighted by Gasteiger charge is 2.15. The summed E-state index contributed by atoms with van der Waals surface area (Å²) in [5, 5.41) is 0.653. The van der Waals surface area contributed by atoms with Gasteiger partial charge in [0, 0.05) is 19.5 Å². The molecule has 0 aliphatic carbocycles. The van der Waals surface area contributed by atoms with Crippen LogP contribution in [-0.2, 0) is 0 Å². The molecule has 0 bridgehead atoms. The van der Waals surface area contributed by atoms with Crippen molar-refractivity contribution < 1.29 is 9.59 Å². The molecular formula is C13H13N3O2. The average Bonchev–Trinajstić information content (AvgIpc) is 2.36. The molecule has 0 radical (unpaired) electrons. The predicted octanol–water partition coefficient (Wildman–Crippen LogP) is 1.04. The minimum atomic E-state index is -0.568. The maximum absolute atomic E-state index is 11.9. The first kappa shape index (κ1) is 12.0. The third kappa shape index (κ3) is 2.02. The first-order valence-electron chi connectivity index (χ1n) is 5.42. The Morgan fingerprint density at radius 2 is 1.89 bits per heavy atom. The number of hydrogen-bond donors (Lipinski definition) is 1. The van der Waals surface area contributed by atoms with Crippen molar-refractivity contribution in [2.24, 2.45) is 5.73 Å². The number of pyridine rings is 1. The SMILES string of the molecule is CN(C)C(=O)c1cc(C(N)=O)c2ccccc2n1. The lowest BCUT2D eigenvalue weighted by Crippen LogP contribution is -2.24. The van der Waals surface area contributed by atoms with E-state index in [0.717, 1.165) is 0 Å². The first-order valence-corrected chi connectivity index (χ1v) is 5.42. The zero-order chi connectivity index (χ0) is 13.3. The quantitative estimate of drug-likeness (QED) is 0.856. The van der Waals surface area contributed by atoms with Gasteiger partial charge in [-0.25, -0.2) is 4.98 Å². The van der Waals surface area contributed by atoms with Gasteiger partial charge in [-0.15, -0.1) is 0 Å². The van der Waals surface area contributed by atoms with Gasteiger partial charge in [-0.1, -0.05) is 18.2 Å².